The second kappa shape index (κ2) is 5.32. The Hall–Kier alpha value is -1.67. The topological polar surface area (TPSA) is 91.0 Å². The third-order valence-electron chi connectivity index (χ3n) is 1.97. The Bertz CT molecular complexity index is 585. The monoisotopic (exact) mass is 282 g/mol. The summed E-state index contributed by atoms with van der Waals surface area (Å²) in [5.41, 5.74) is 6.35. The summed E-state index contributed by atoms with van der Waals surface area (Å²) in [7, 11) is 1.31. The van der Waals surface area contributed by atoms with E-state index in [0.717, 1.165) is 4.34 Å². The molecule has 18 heavy (non-hydrogen) atoms. The molecule has 2 aromatic rings. The fourth-order valence-corrected chi connectivity index (χ4v) is 2.83. The number of aryl methyl sites for hydroxylation is 1. The van der Waals surface area contributed by atoms with E-state index < -0.39 is 5.97 Å². The first-order valence-corrected chi connectivity index (χ1v) is 6.51. The van der Waals surface area contributed by atoms with Crippen LogP contribution in [0, 0.1) is 6.92 Å². The summed E-state index contributed by atoms with van der Waals surface area (Å²) >= 11 is 2.52. The van der Waals surface area contributed by atoms with E-state index in [-0.39, 0.29) is 0 Å². The molecular weight excluding hydrogens is 272 g/mol. The maximum Gasteiger partial charge on any atom is 0.340 e. The first kappa shape index (κ1) is 12.8. The number of carbonyl (C=O) groups is 1. The average Bonchev–Trinajstić information content (AvgIpc) is 2.76. The fraction of sp³-hybridized carbons (Fsp3) is 0.200. The molecule has 8 heteroatoms. The third-order valence-corrected chi connectivity index (χ3v) is 3.83. The van der Waals surface area contributed by atoms with E-state index in [4.69, 9.17) is 10.5 Å². The first-order valence-electron chi connectivity index (χ1n) is 4.92. The standard InChI is InChI=1S/C10H10N4O2S2/c1-5-13-10(18-14-5)17-8-7(9(15)16-2)3-6(11)4-12-8/h3-4H,11H2,1-2H3. The number of carbonyl (C=O) groups excluding carboxylic acids is 1. The molecule has 6 nitrogen and oxygen atoms in total. The van der Waals surface area contributed by atoms with Gasteiger partial charge in [-0.1, -0.05) is 0 Å². The number of ether oxygens (including phenoxy) is 1. The predicted octanol–water partition coefficient (Wildman–Crippen LogP) is 1.76. The zero-order chi connectivity index (χ0) is 13.1. The Balaban J connectivity index is 2.35. The van der Waals surface area contributed by atoms with Gasteiger partial charge in [-0.25, -0.2) is 14.8 Å². The average molecular weight is 282 g/mol. The number of rotatable bonds is 3. The van der Waals surface area contributed by atoms with E-state index in [0.29, 0.717) is 22.1 Å². The number of methoxy groups -OCH3 is 1. The van der Waals surface area contributed by atoms with E-state index in [1.807, 2.05) is 0 Å². The van der Waals surface area contributed by atoms with Crippen molar-refractivity contribution < 1.29 is 9.53 Å². The van der Waals surface area contributed by atoms with E-state index in [1.165, 1.54) is 42.7 Å². The number of hydrogen-bond acceptors (Lipinski definition) is 8. The van der Waals surface area contributed by atoms with Crippen LogP contribution in [0.2, 0.25) is 0 Å². The summed E-state index contributed by atoms with van der Waals surface area (Å²) in [6.45, 7) is 1.80. The van der Waals surface area contributed by atoms with Crippen molar-refractivity contribution >= 4 is 35.0 Å². The molecule has 0 bridgehead atoms. The molecule has 0 spiro atoms. The normalized spacial score (nSPS) is 10.3. The Labute approximate surface area is 112 Å². The minimum Gasteiger partial charge on any atom is -0.465 e. The summed E-state index contributed by atoms with van der Waals surface area (Å²) in [6, 6.07) is 1.54. The maximum atomic E-state index is 11.6. The van der Waals surface area contributed by atoms with Crippen LogP contribution in [-0.2, 0) is 4.74 Å². The van der Waals surface area contributed by atoms with Gasteiger partial charge in [0, 0.05) is 0 Å². The number of hydrogen-bond donors (Lipinski definition) is 1. The van der Waals surface area contributed by atoms with Crippen LogP contribution in [0.3, 0.4) is 0 Å². The molecule has 2 heterocycles. The largest absolute Gasteiger partial charge is 0.465 e. The van der Waals surface area contributed by atoms with Crippen LogP contribution in [0.1, 0.15) is 16.2 Å². The molecule has 0 amide bonds. The molecule has 0 atom stereocenters. The van der Waals surface area contributed by atoms with Crippen molar-refractivity contribution in [2.75, 3.05) is 12.8 Å². The van der Waals surface area contributed by atoms with Crippen LogP contribution in [-0.4, -0.2) is 27.4 Å². The fourth-order valence-electron chi connectivity index (χ4n) is 1.21. The van der Waals surface area contributed by atoms with Crippen molar-refractivity contribution in [1.82, 2.24) is 14.3 Å². The Morgan fingerprint density at radius 3 is 2.94 bits per heavy atom. The molecule has 0 aromatic carbocycles. The molecule has 2 N–H and O–H groups in total. The van der Waals surface area contributed by atoms with Gasteiger partial charge in [0.1, 0.15) is 10.9 Å². The zero-order valence-corrected chi connectivity index (χ0v) is 11.3. The number of nitrogen functional groups attached to an aromatic ring is 1. The zero-order valence-electron chi connectivity index (χ0n) is 9.71. The highest BCUT2D eigenvalue weighted by Gasteiger charge is 2.16. The van der Waals surface area contributed by atoms with Gasteiger partial charge in [-0.05, 0) is 36.3 Å². The molecule has 0 aliphatic carbocycles. The second-order valence-electron chi connectivity index (χ2n) is 3.32. The van der Waals surface area contributed by atoms with Crippen LogP contribution >= 0.6 is 23.3 Å². The van der Waals surface area contributed by atoms with Gasteiger partial charge in [0.2, 0.25) is 0 Å². The minimum absolute atomic E-state index is 0.329. The first-order chi connectivity index (χ1) is 8.60. The van der Waals surface area contributed by atoms with Crippen LogP contribution in [0.4, 0.5) is 5.69 Å². The second-order valence-corrected chi connectivity index (χ2v) is 5.31. The highest BCUT2D eigenvalue weighted by molar-refractivity contribution is 8.01. The Morgan fingerprint density at radius 2 is 2.33 bits per heavy atom. The smallest absolute Gasteiger partial charge is 0.340 e. The summed E-state index contributed by atoms with van der Waals surface area (Å²) in [6.07, 6.45) is 1.49. The lowest BCUT2D eigenvalue weighted by Crippen LogP contribution is -2.05. The molecule has 0 aliphatic rings. The lowest BCUT2D eigenvalue weighted by atomic mass is 10.3. The molecule has 0 unspecified atom stereocenters. The lowest BCUT2D eigenvalue weighted by molar-refractivity contribution is 0.0596. The molecule has 0 radical (unpaired) electrons. The van der Waals surface area contributed by atoms with Crippen LogP contribution in [0.25, 0.3) is 0 Å². The van der Waals surface area contributed by atoms with Crippen LogP contribution < -0.4 is 5.73 Å². The number of nitrogens with zero attached hydrogens (tertiary/aromatic N) is 3. The molecular formula is C10H10N4O2S2. The van der Waals surface area contributed by atoms with Gasteiger partial charge in [0.25, 0.3) is 0 Å². The van der Waals surface area contributed by atoms with Gasteiger partial charge < -0.3 is 10.5 Å². The maximum absolute atomic E-state index is 11.6. The van der Waals surface area contributed by atoms with Gasteiger partial charge in [-0.2, -0.15) is 4.37 Å². The molecule has 2 rings (SSSR count). The van der Waals surface area contributed by atoms with Crippen molar-refractivity contribution in [2.24, 2.45) is 0 Å². The SMILES string of the molecule is COC(=O)c1cc(N)cnc1Sc1nc(C)ns1. The quantitative estimate of drug-likeness (QED) is 0.857. The Morgan fingerprint density at radius 1 is 1.56 bits per heavy atom. The Kier molecular flexibility index (Phi) is 3.78. The summed E-state index contributed by atoms with van der Waals surface area (Å²) in [5, 5.41) is 0.507. The van der Waals surface area contributed by atoms with Gasteiger partial charge >= 0.3 is 5.97 Å². The molecule has 0 aliphatic heterocycles. The summed E-state index contributed by atoms with van der Waals surface area (Å²) < 4.78 is 9.48. The number of nitrogens with two attached hydrogens (primary N) is 1. The summed E-state index contributed by atoms with van der Waals surface area (Å²) in [5.74, 6) is 0.219. The lowest BCUT2D eigenvalue weighted by Gasteiger charge is -2.05. The predicted molar refractivity (Wildman–Crippen MR) is 68.8 cm³/mol. The molecule has 2 aromatic heterocycles. The third kappa shape index (κ3) is 2.77. The van der Waals surface area contributed by atoms with Crippen molar-refractivity contribution in [1.29, 1.82) is 0 Å². The van der Waals surface area contributed by atoms with Gasteiger partial charge in [0.05, 0.1) is 24.6 Å². The van der Waals surface area contributed by atoms with Crippen molar-refractivity contribution in [2.45, 2.75) is 16.3 Å². The van der Waals surface area contributed by atoms with Crippen molar-refractivity contribution in [3.63, 3.8) is 0 Å². The van der Waals surface area contributed by atoms with Crippen molar-refractivity contribution in [3.05, 3.63) is 23.7 Å². The molecule has 0 saturated heterocycles. The van der Waals surface area contributed by atoms with E-state index >= 15 is 0 Å². The summed E-state index contributed by atoms with van der Waals surface area (Å²) in [4.78, 5) is 19.9. The number of esters is 1. The highest BCUT2D eigenvalue weighted by Crippen LogP contribution is 2.30. The van der Waals surface area contributed by atoms with Gasteiger partial charge in [0.15, 0.2) is 4.34 Å². The minimum atomic E-state index is -0.474. The molecule has 0 fully saturated rings. The number of anilines is 1. The number of pyridine rings is 1. The van der Waals surface area contributed by atoms with Gasteiger partial charge in [-0.15, -0.1) is 0 Å². The van der Waals surface area contributed by atoms with E-state index in [2.05, 4.69) is 14.3 Å². The van der Waals surface area contributed by atoms with Crippen molar-refractivity contribution in [3.8, 4) is 0 Å². The van der Waals surface area contributed by atoms with E-state index in [1.54, 1.807) is 6.92 Å². The molecule has 94 valence electrons. The van der Waals surface area contributed by atoms with Crippen LogP contribution in [0.5, 0.6) is 0 Å². The van der Waals surface area contributed by atoms with Gasteiger partial charge in [-0.3, -0.25) is 0 Å². The number of aromatic nitrogens is 3. The highest BCUT2D eigenvalue weighted by atomic mass is 32.2. The molecule has 0 saturated carbocycles. The van der Waals surface area contributed by atoms with E-state index in [9.17, 15) is 4.79 Å². The van der Waals surface area contributed by atoms with Crippen LogP contribution in [0.15, 0.2) is 21.6 Å².